The van der Waals surface area contributed by atoms with Crippen LogP contribution in [0, 0.1) is 18.3 Å². The van der Waals surface area contributed by atoms with Crippen molar-refractivity contribution in [3.63, 3.8) is 0 Å². The Hall–Kier alpha value is -2.85. The summed E-state index contributed by atoms with van der Waals surface area (Å²) in [6.07, 6.45) is 1.04. The van der Waals surface area contributed by atoms with Crippen LogP contribution in [0.3, 0.4) is 0 Å². The Bertz CT molecular complexity index is 900. The molecule has 6 nitrogen and oxygen atoms in total. The summed E-state index contributed by atoms with van der Waals surface area (Å²) in [7, 11) is -3.63. The summed E-state index contributed by atoms with van der Waals surface area (Å²) in [5.41, 5.74) is 2.79. The van der Waals surface area contributed by atoms with E-state index in [0.717, 1.165) is 21.7 Å². The maximum absolute atomic E-state index is 12.2. The first-order valence-corrected chi connectivity index (χ1v) is 9.44. The van der Waals surface area contributed by atoms with E-state index in [1.54, 1.807) is 0 Å². The summed E-state index contributed by atoms with van der Waals surface area (Å²) < 4.78 is 25.1. The van der Waals surface area contributed by atoms with Gasteiger partial charge in [0.1, 0.15) is 6.54 Å². The zero-order chi connectivity index (χ0) is 18.4. The molecule has 0 saturated carbocycles. The highest BCUT2D eigenvalue weighted by atomic mass is 32.2. The number of nitriles is 1. The Morgan fingerprint density at radius 1 is 1.20 bits per heavy atom. The molecule has 25 heavy (non-hydrogen) atoms. The normalized spacial score (nSPS) is 10.8. The number of hydrogen-bond acceptors (Lipinski definition) is 4. The van der Waals surface area contributed by atoms with E-state index in [0.29, 0.717) is 17.8 Å². The number of sulfonamides is 1. The van der Waals surface area contributed by atoms with Crippen LogP contribution in [0.2, 0.25) is 0 Å². The third-order valence-electron chi connectivity index (χ3n) is 3.54. The second kappa shape index (κ2) is 7.81. The van der Waals surface area contributed by atoms with Crippen LogP contribution in [0.15, 0.2) is 48.5 Å². The first-order chi connectivity index (χ1) is 11.8. The van der Waals surface area contributed by atoms with Crippen LogP contribution in [0.1, 0.15) is 16.7 Å². The minimum atomic E-state index is -3.63. The molecule has 0 heterocycles. The second-order valence-corrected chi connectivity index (χ2v) is 7.60. The Morgan fingerprint density at radius 3 is 2.44 bits per heavy atom. The fourth-order valence-corrected chi connectivity index (χ4v) is 3.17. The molecule has 130 valence electrons. The Kier molecular flexibility index (Phi) is 5.78. The average Bonchev–Trinajstić information content (AvgIpc) is 2.57. The molecule has 0 aliphatic rings. The van der Waals surface area contributed by atoms with E-state index in [-0.39, 0.29) is 6.54 Å². The van der Waals surface area contributed by atoms with Gasteiger partial charge in [-0.2, -0.15) is 5.26 Å². The largest absolute Gasteiger partial charge is 0.350 e. The van der Waals surface area contributed by atoms with E-state index in [1.807, 2.05) is 37.3 Å². The number of rotatable bonds is 6. The maximum atomic E-state index is 12.2. The van der Waals surface area contributed by atoms with E-state index in [1.165, 1.54) is 24.3 Å². The van der Waals surface area contributed by atoms with E-state index in [2.05, 4.69) is 5.32 Å². The molecule has 0 aromatic heterocycles. The van der Waals surface area contributed by atoms with E-state index in [4.69, 9.17) is 5.26 Å². The Balaban J connectivity index is 2.09. The number of carbonyl (C=O) groups is 1. The second-order valence-electron chi connectivity index (χ2n) is 5.69. The number of hydrogen-bond donors (Lipinski definition) is 1. The van der Waals surface area contributed by atoms with Crippen molar-refractivity contribution in [2.45, 2.75) is 13.5 Å². The van der Waals surface area contributed by atoms with Crippen molar-refractivity contribution in [3.8, 4) is 6.07 Å². The lowest BCUT2D eigenvalue weighted by molar-refractivity contribution is -0.119. The van der Waals surface area contributed by atoms with Crippen molar-refractivity contribution in [3.05, 3.63) is 65.2 Å². The van der Waals surface area contributed by atoms with Crippen molar-refractivity contribution < 1.29 is 13.2 Å². The van der Waals surface area contributed by atoms with Gasteiger partial charge in [0.15, 0.2) is 0 Å². The molecule has 0 aliphatic heterocycles. The zero-order valence-corrected chi connectivity index (χ0v) is 14.9. The van der Waals surface area contributed by atoms with E-state index < -0.39 is 15.9 Å². The highest BCUT2D eigenvalue weighted by Gasteiger charge is 2.20. The Morgan fingerprint density at radius 2 is 1.88 bits per heavy atom. The number of nitrogens with zero attached hydrogens (tertiary/aromatic N) is 2. The predicted molar refractivity (Wildman–Crippen MR) is 96.4 cm³/mol. The fourth-order valence-electron chi connectivity index (χ4n) is 2.31. The first kappa shape index (κ1) is 18.5. The van der Waals surface area contributed by atoms with Crippen LogP contribution >= 0.6 is 0 Å². The molecule has 0 saturated heterocycles. The highest BCUT2D eigenvalue weighted by Crippen LogP contribution is 2.18. The van der Waals surface area contributed by atoms with Gasteiger partial charge in [0.25, 0.3) is 0 Å². The van der Waals surface area contributed by atoms with Gasteiger partial charge in [-0.1, -0.05) is 29.8 Å². The average molecular weight is 357 g/mol. The smallest absolute Gasteiger partial charge is 0.241 e. The lowest BCUT2D eigenvalue weighted by atomic mass is 10.1. The van der Waals surface area contributed by atoms with Crippen molar-refractivity contribution in [2.24, 2.45) is 0 Å². The van der Waals surface area contributed by atoms with Crippen LogP contribution in [0.4, 0.5) is 5.69 Å². The van der Waals surface area contributed by atoms with E-state index >= 15 is 0 Å². The number of anilines is 1. The number of benzene rings is 2. The molecule has 0 atom stereocenters. The zero-order valence-electron chi connectivity index (χ0n) is 14.1. The monoisotopic (exact) mass is 357 g/mol. The minimum absolute atomic E-state index is 0.323. The SMILES string of the molecule is Cc1cccc(CNC(=O)CN(c2ccc(C#N)cc2)S(C)(=O)=O)c1. The van der Waals surface area contributed by atoms with Crippen LogP contribution in [-0.4, -0.2) is 27.1 Å². The molecule has 1 amide bonds. The van der Waals surface area contributed by atoms with Crippen LogP contribution in [0.25, 0.3) is 0 Å². The van der Waals surface area contributed by atoms with Crippen LogP contribution < -0.4 is 9.62 Å². The molecular formula is C18H19N3O3S. The number of amides is 1. The van der Waals surface area contributed by atoms with Gasteiger partial charge in [0.05, 0.1) is 23.6 Å². The molecule has 0 radical (unpaired) electrons. The van der Waals surface area contributed by atoms with Crippen LogP contribution in [-0.2, 0) is 21.4 Å². The lowest BCUT2D eigenvalue weighted by Gasteiger charge is -2.22. The molecule has 0 spiro atoms. The van der Waals surface area contributed by atoms with Crippen molar-refractivity contribution in [2.75, 3.05) is 17.1 Å². The third-order valence-corrected chi connectivity index (χ3v) is 4.68. The van der Waals surface area contributed by atoms with Crippen LogP contribution in [0.5, 0.6) is 0 Å². The molecule has 0 bridgehead atoms. The molecule has 0 aliphatic carbocycles. The molecule has 1 N–H and O–H groups in total. The number of aryl methyl sites for hydroxylation is 1. The summed E-state index contributed by atoms with van der Waals surface area (Å²) in [5.74, 6) is -0.406. The summed E-state index contributed by atoms with van der Waals surface area (Å²) in [4.78, 5) is 12.2. The summed E-state index contributed by atoms with van der Waals surface area (Å²) in [6, 6.07) is 15.7. The third kappa shape index (κ3) is 5.33. The van der Waals surface area contributed by atoms with Crippen molar-refractivity contribution in [1.82, 2.24) is 5.32 Å². The lowest BCUT2D eigenvalue weighted by Crippen LogP contribution is -2.40. The topological polar surface area (TPSA) is 90.3 Å². The maximum Gasteiger partial charge on any atom is 0.241 e. The minimum Gasteiger partial charge on any atom is -0.350 e. The van der Waals surface area contributed by atoms with Crippen molar-refractivity contribution in [1.29, 1.82) is 5.26 Å². The van der Waals surface area contributed by atoms with Gasteiger partial charge in [-0.15, -0.1) is 0 Å². The quantitative estimate of drug-likeness (QED) is 0.855. The molecule has 2 aromatic rings. The summed E-state index contributed by atoms with van der Waals surface area (Å²) in [6.45, 7) is 1.96. The molecule has 2 aromatic carbocycles. The van der Waals surface area contributed by atoms with Gasteiger partial charge >= 0.3 is 0 Å². The highest BCUT2D eigenvalue weighted by molar-refractivity contribution is 7.92. The van der Waals surface area contributed by atoms with Gasteiger partial charge in [0, 0.05) is 6.54 Å². The fraction of sp³-hybridized carbons (Fsp3) is 0.222. The predicted octanol–water partition coefficient (Wildman–Crippen LogP) is 1.95. The summed E-state index contributed by atoms with van der Waals surface area (Å²) in [5, 5.41) is 11.5. The summed E-state index contributed by atoms with van der Waals surface area (Å²) >= 11 is 0. The molecule has 0 unspecified atom stereocenters. The van der Waals surface area contributed by atoms with Gasteiger partial charge in [-0.25, -0.2) is 8.42 Å². The Labute approximate surface area is 147 Å². The van der Waals surface area contributed by atoms with Crippen molar-refractivity contribution >= 4 is 21.6 Å². The van der Waals surface area contributed by atoms with Gasteiger partial charge in [0.2, 0.25) is 15.9 Å². The molecule has 2 rings (SSSR count). The first-order valence-electron chi connectivity index (χ1n) is 7.60. The number of carbonyl (C=O) groups excluding carboxylic acids is 1. The standard InChI is InChI=1S/C18H19N3O3S/c1-14-4-3-5-16(10-14)12-20-18(22)13-21(25(2,23)24)17-8-6-15(11-19)7-9-17/h3-10H,12-13H2,1-2H3,(H,20,22). The van der Waals surface area contributed by atoms with Gasteiger partial charge in [-0.3, -0.25) is 9.10 Å². The van der Waals surface area contributed by atoms with Gasteiger partial charge in [-0.05, 0) is 36.8 Å². The van der Waals surface area contributed by atoms with Gasteiger partial charge < -0.3 is 5.32 Å². The molecule has 7 heteroatoms. The number of nitrogens with one attached hydrogen (secondary N) is 1. The van der Waals surface area contributed by atoms with E-state index in [9.17, 15) is 13.2 Å². The molecular weight excluding hydrogens is 338 g/mol. The molecule has 0 fully saturated rings.